The molecule has 2 aromatic rings. The van der Waals surface area contributed by atoms with Crippen molar-refractivity contribution in [3.8, 4) is 0 Å². The number of likely N-dealkylation sites (tertiary alicyclic amines) is 1. The van der Waals surface area contributed by atoms with E-state index in [1.165, 1.54) is 6.08 Å². The maximum absolute atomic E-state index is 13.0. The van der Waals surface area contributed by atoms with E-state index in [1.54, 1.807) is 15.8 Å². The third-order valence-electron chi connectivity index (χ3n) is 4.80. The van der Waals surface area contributed by atoms with Gasteiger partial charge < -0.3 is 9.80 Å². The number of hydrogen-bond donors (Lipinski definition) is 0. The molecule has 1 aromatic heterocycles. The molecule has 142 valence electrons. The Bertz CT molecular complexity index is 842. The minimum Gasteiger partial charge on any atom is -0.338 e. The van der Waals surface area contributed by atoms with Crippen LogP contribution in [0.3, 0.4) is 0 Å². The summed E-state index contributed by atoms with van der Waals surface area (Å²) in [5, 5.41) is 4.19. The first-order valence-electron chi connectivity index (χ1n) is 8.86. The van der Waals surface area contributed by atoms with Gasteiger partial charge in [0.2, 0.25) is 11.8 Å². The minimum atomic E-state index is -0.0698. The number of aryl methyl sites for hydroxylation is 1. The Morgan fingerprint density at radius 2 is 2.11 bits per heavy atom. The predicted octanol–water partition coefficient (Wildman–Crippen LogP) is 2.75. The van der Waals surface area contributed by atoms with Gasteiger partial charge in [0.05, 0.1) is 12.2 Å². The first-order valence-corrected chi connectivity index (χ1v) is 9.66. The fraction of sp³-hybridized carbons (Fsp3) is 0.350. The van der Waals surface area contributed by atoms with Crippen LogP contribution in [0.25, 0.3) is 0 Å². The van der Waals surface area contributed by atoms with Crippen molar-refractivity contribution in [2.75, 3.05) is 13.1 Å². The number of carbonyl (C=O) groups is 2. The zero-order chi connectivity index (χ0) is 19.4. The molecule has 0 saturated carbocycles. The Hall–Kier alpha value is -2.41. The van der Waals surface area contributed by atoms with Crippen molar-refractivity contribution in [1.29, 1.82) is 0 Å². The lowest BCUT2D eigenvalue weighted by atomic mass is 9.95. The molecule has 0 aliphatic carbocycles. The molecule has 2 amide bonds. The van der Waals surface area contributed by atoms with Crippen molar-refractivity contribution < 1.29 is 9.59 Å². The molecule has 1 aromatic carbocycles. The van der Waals surface area contributed by atoms with Crippen molar-refractivity contribution in [1.82, 2.24) is 19.6 Å². The number of carbonyl (C=O) groups excluding carboxylic acids is 2. The van der Waals surface area contributed by atoms with E-state index in [0.717, 1.165) is 15.7 Å². The molecule has 27 heavy (non-hydrogen) atoms. The molecule has 1 fully saturated rings. The molecular weight excluding hydrogens is 408 g/mol. The molecule has 3 rings (SSSR count). The second-order valence-electron chi connectivity index (χ2n) is 6.84. The maximum Gasteiger partial charge on any atom is 0.245 e. The number of hydrogen-bond acceptors (Lipinski definition) is 3. The number of aromatic nitrogens is 2. The van der Waals surface area contributed by atoms with Gasteiger partial charge in [-0.05, 0) is 29.8 Å². The summed E-state index contributed by atoms with van der Waals surface area (Å²) >= 11 is 3.49. The summed E-state index contributed by atoms with van der Waals surface area (Å²) in [6, 6.07) is 9.90. The van der Waals surface area contributed by atoms with Gasteiger partial charge in [-0.3, -0.25) is 14.3 Å². The lowest BCUT2D eigenvalue weighted by molar-refractivity contribution is -0.139. The first-order chi connectivity index (χ1) is 13.0. The zero-order valence-electron chi connectivity index (χ0n) is 15.3. The third-order valence-corrected chi connectivity index (χ3v) is 5.29. The van der Waals surface area contributed by atoms with Gasteiger partial charge in [-0.1, -0.05) is 34.6 Å². The molecule has 6 nitrogen and oxygen atoms in total. The summed E-state index contributed by atoms with van der Waals surface area (Å²) in [5.74, 6) is 0.226. The molecule has 2 heterocycles. The molecule has 1 saturated heterocycles. The van der Waals surface area contributed by atoms with Crippen LogP contribution in [-0.2, 0) is 29.7 Å². The molecule has 0 radical (unpaired) electrons. The summed E-state index contributed by atoms with van der Waals surface area (Å²) in [4.78, 5) is 28.1. The van der Waals surface area contributed by atoms with E-state index in [9.17, 15) is 9.59 Å². The van der Waals surface area contributed by atoms with Crippen LogP contribution in [0, 0.1) is 5.92 Å². The Labute approximate surface area is 167 Å². The van der Waals surface area contributed by atoms with Gasteiger partial charge in [0.15, 0.2) is 0 Å². The lowest BCUT2D eigenvalue weighted by Gasteiger charge is -2.39. The van der Waals surface area contributed by atoms with Gasteiger partial charge in [0, 0.05) is 49.7 Å². The van der Waals surface area contributed by atoms with E-state index in [4.69, 9.17) is 0 Å². The van der Waals surface area contributed by atoms with Crippen molar-refractivity contribution in [3.63, 3.8) is 0 Å². The van der Waals surface area contributed by atoms with Crippen LogP contribution >= 0.6 is 15.9 Å². The van der Waals surface area contributed by atoms with E-state index in [2.05, 4.69) is 27.6 Å². The highest BCUT2D eigenvalue weighted by molar-refractivity contribution is 9.10. The average molecular weight is 431 g/mol. The number of rotatable bonds is 7. The summed E-state index contributed by atoms with van der Waals surface area (Å²) in [6.07, 6.45) is 3.49. The summed E-state index contributed by atoms with van der Waals surface area (Å²) < 4.78 is 2.78. The molecule has 0 spiro atoms. The minimum absolute atomic E-state index is 0.0698. The van der Waals surface area contributed by atoms with Gasteiger partial charge in [-0.15, -0.1) is 0 Å². The highest BCUT2D eigenvalue weighted by Crippen LogP contribution is 2.22. The topological polar surface area (TPSA) is 58.4 Å². The number of halogens is 1. The van der Waals surface area contributed by atoms with Gasteiger partial charge >= 0.3 is 0 Å². The van der Waals surface area contributed by atoms with Gasteiger partial charge in [-0.2, -0.15) is 5.10 Å². The summed E-state index contributed by atoms with van der Waals surface area (Å²) in [6.45, 7) is 5.78. The highest BCUT2D eigenvalue weighted by Gasteiger charge is 2.32. The smallest absolute Gasteiger partial charge is 0.245 e. The summed E-state index contributed by atoms with van der Waals surface area (Å²) in [5.41, 5.74) is 2.05. The molecule has 0 unspecified atom stereocenters. The predicted molar refractivity (Wildman–Crippen MR) is 106 cm³/mol. The van der Waals surface area contributed by atoms with Crippen LogP contribution in [0.4, 0.5) is 0 Å². The van der Waals surface area contributed by atoms with E-state index in [0.29, 0.717) is 32.6 Å². The van der Waals surface area contributed by atoms with Crippen LogP contribution in [0.5, 0.6) is 0 Å². The van der Waals surface area contributed by atoms with E-state index in [-0.39, 0.29) is 17.7 Å². The molecule has 0 atom stereocenters. The highest BCUT2D eigenvalue weighted by atomic mass is 79.9. The largest absolute Gasteiger partial charge is 0.338 e. The Morgan fingerprint density at radius 3 is 2.74 bits per heavy atom. The Kier molecular flexibility index (Phi) is 6.11. The second-order valence-corrected chi connectivity index (χ2v) is 7.76. The van der Waals surface area contributed by atoms with Crippen LogP contribution in [0.1, 0.15) is 17.7 Å². The Balaban J connectivity index is 1.67. The van der Waals surface area contributed by atoms with Crippen LogP contribution in [0.2, 0.25) is 0 Å². The molecule has 1 aliphatic heterocycles. The molecular formula is C20H23BrN4O2. The van der Waals surface area contributed by atoms with Crippen molar-refractivity contribution in [2.45, 2.75) is 19.5 Å². The van der Waals surface area contributed by atoms with Crippen molar-refractivity contribution in [3.05, 3.63) is 64.9 Å². The Morgan fingerprint density at radius 1 is 1.33 bits per heavy atom. The van der Waals surface area contributed by atoms with Crippen molar-refractivity contribution in [2.24, 2.45) is 13.0 Å². The quantitative estimate of drug-likeness (QED) is 0.634. The second kappa shape index (κ2) is 8.52. The lowest BCUT2D eigenvalue weighted by Crippen LogP contribution is -2.51. The van der Waals surface area contributed by atoms with Crippen LogP contribution in [0.15, 0.2) is 53.7 Å². The standard InChI is InChI=1S/C20H23BrN4O2/c1-3-19(26)24-12-16(13-24)10-20(27)25(14-18-7-8-22-23(18)2)11-15-5-4-6-17(21)9-15/h3-9,16H,1,10-14H2,2H3. The fourth-order valence-electron chi connectivity index (χ4n) is 3.22. The van der Waals surface area contributed by atoms with Crippen molar-refractivity contribution >= 4 is 27.7 Å². The van der Waals surface area contributed by atoms with Gasteiger partial charge in [-0.25, -0.2) is 0 Å². The maximum atomic E-state index is 13.0. The average Bonchev–Trinajstić information content (AvgIpc) is 3.01. The molecule has 0 bridgehead atoms. The molecule has 0 N–H and O–H groups in total. The zero-order valence-corrected chi connectivity index (χ0v) is 16.9. The number of nitrogens with zero attached hydrogens (tertiary/aromatic N) is 4. The van der Waals surface area contributed by atoms with Crippen LogP contribution < -0.4 is 0 Å². The number of benzene rings is 1. The normalized spacial score (nSPS) is 13.9. The van der Waals surface area contributed by atoms with Gasteiger partial charge in [0.25, 0.3) is 0 Å². The van der Waals surface area contributed by atoms with Gasteiger partial charge in [0.1, 0.15) is 0 Å². The number of amides is 2. The first kappa shape index (κ1) is 19.4. The third kappa shape index (κ3) is 4.86. The van der Waals surface area contributed by atoms with E-state index in [1.807, 2.05) is 42.3 Å². The van der Waals surface area contributed by atoms with E-state index >= 15 is 0 Å². The fourth-order valence-corrected chi connectivity index (χ4v) is 3.67. The molecule has 1 aliphatic rings. The van der Waals surface area contributed by atoms with Crippen LogP contribution in [-0.4, -0.2) is 44.5 Å². The molecule has 7 heteroatoms. The van der Waals surface area contributed by atoms with E-state index < -0.39 is 0 Å². The summed E-state index contributed by atoms with van der Waals surface area (Å²) in [7, 11) is 1.88. The SMILES string of the molecule is C=CC(=O)N1CC(CC(=O)N(Cc2cccc(Br)c2)Cc2ccnn2C)C1. The monoisotopic (exact) mass is 430 g/mol.